The van der Waals surface area contributed by atoms with Gasteiger partial charge < -0.3 is 4.90 Å². The standard InChI is InChI=1S/C75H46N2/c1-2-20-50(21-3-1)77-70-36-18-16-34-66(70)75(67-35-17-19-37-71(67)77)64-33-15-11-25-54(64)60-44-47(39-42-65(60)75)69-43-40-49(46-76-69)73-58-28-6-4-26-56(58)72(57-27-5-7-29-59(57)73)48-38-41-55-53-24-10-14-32-63(53)74(68(55)45-48)61-30-12-8-22-51(61)52-23-9-13-31-62(52)74/h1-46H. The number of hydrogen-bond acceptors (Lipinski definition) is 2. The topological polar surface area (TPSA) is 16.1 Å². The molecule has 0 saturated carbocycles. The van der Waals surface area contributed by atoms with Crippen LogP contribution in [0, 0.1) is 0 Å². The first-order chi connectivity index (χ1) is 38.2. The van der Waals surface area contributed by atoms with Gasteiger partial charge in [0.15, 0.2) is 0 Å². The summed E-state index contributed by atoms with van der Waals surface area (Å²) >= 11 is 0. The maximum Gasteiger partial charge on any atom is 0.0754 e. The Kier molecular flexibility index (Phi) is 8.72. The van der Waals surface area contributed by atoms with Crippen molar-refractivity contribution < 1.29 is 0 Å². The van der Waals surface area contributed by atoms with E-state index in [0.29, 0.717) is 0 Å². The molecule has 1 aliphatic heterocycles. The maximum atomic E-state index is 5.35. The highest BCUT2D eigenvalue weighted by molar-refractivity contribution is 6.21. The van der Waals surface area contributed by atoms with Crippen LogP contribution < -0.4 is 4.90 Å². The first-order valence-electron chi connectivity index (χ1n) is 26.9. The molecule has 0 bridgehead atoms. The van der Waals surface area contributed by atoms with Crippen molar-refractivity contribution >= 4 is 38.6 Å². The lowest BCUT2D eigenvalue weighted by atomic mass is 9.64. The summed E-state index contributed by atoms with van der Waals surface area (Å²) in [5.74, 6) is 0. The highest BCUT2D eigenvalue weighted by Gasteiger charge is 2.53. The third kappa shape index (κ3) is 5.51. The third-order valence-corrected chi connectivity index (χ3v) is 17.7. The van der Waals surface area contributed by atoms with Gasteiger partial charge in [-0.15, -0.1) is 0 Å². The summed E-state index contributed by atoms with van der Waals surface area (Å²) in [6, 6.07) is 102. The van der Waals surface area contributed by atoms with Crippen LogP contribution in [-0.4, -0.2) is 4.98 Å². The molecule has 2 spiro atoms. The molecule has 0 N–H and O–H groups in total. The molecule has 13 aromatic rings. The lowest BCUT2D eigenvalue weighted by Crippen LogP contribution is -2.36. The van der Waals surface area contributed by atoms with Crippen molar-refractivity contribution in [2.45, 2.75) is 10.8 Å². The summed E-state index contributed by atoms with van der Waals surface area (Å²) in [7, 11) is 0. The van der Waals surface area contributed by atoms with E-state index in [1.54, 1.807) is 0 Å². The highest BCUT2D eigenvalue weighted by atomic mass is 15.2. The van der Waals surface area contributed by atoms with Crippen molar-refractivity contribution in [2.24, 2.45) is 0 Å². The molecule has 77 heavy (non-hydrogen) atoms. The van der Waals surface area contributed by atoms with E-state index in [9.17, 15) is 0 Å². The van der Waals surface area contributed by atoms with Crippen molar-refractivity contribution in [3.8, 4) is 66.9 Å². The molecular weight excluding hydrogens is 929 g/mol. The van der Waals surface area contributed by atoms with Crippen LogP contribution in [0.15, 0.2) is 279 Å². The third-order valence-electron chi connectivity index (χ3n) is 17.7. The van der Waals surface area contributed by atoms with Gasteiger partial charge in [-0.3, -0.25) is 4.98 Å². The summed E-state index contributed by atoms with van der Waals surface area (Å²) < 4.78 is 0. The Labute approximate surface area is 447 Å². The van der Waals surface area contributed by atoms with Crippen LogP contribution in [0.25, 0.3) is 88.4 Å². The molecular formula is C75H46N2. The van der Waals surface area contributed by atoms with E-state index >= 15 is 0 Å². The highest BCUT2D eigenvalue weighted by Crippen LogP contribution is 2.65. The van der Waals surface area contributed by atoms with Crippen LogP contribution in [0.3, 0.4) is 0 Å². The molecule has 356 valence electrons. The van der Waals surface area contributed by atoms with Gasteiger partial charge >= 0.3 is 0 Å². The van der Waals surface area contributed by atoms with Gasteiger partial charge in [-0.2, -0.15) is 0 Å². The minimum absolute atomic E-state index is 0.422. The Hall–Kier alpha value is -9.89. The molecule has 3 aliphatic carbocycles. The minimum atomic E-state index is -0.506. The van der Waals surface area contributed by atoms with Crippen molar-refractivity contribution in [3.05, 3.63) is 324 Å². The van der Waals surface area contributed by atoms with Crippen LogP contribution in [0.5, 0.6) is 0 Å². The minimum Gasteiger partial charge on any atom is -0.310 e. The molecule has 0 radical (unpaired) electrons. The lowest BCUT2D eigenvalue weighted by Gasteiger charge is -2.45. The predicted octanol–water partition coefficient (Wildman–Crippen LogP) is 18.9. The Bertz CT molecular complexity index is 4470. The molecule has 12 aromatic carbocycles. The molecule has 0 unspecified atom stereocenters. The zero-order valence-electron chi connectivity index (χ0n) is 42.0. The van der Waals surface area contributed by atoms with Crippen molar-refractivity contribution in [2.75, 3.05) is 4.90 Å². The molecule has 2 heteroatoms. The van der Waals surface area contributed by atoms with Crippen LogP contribution in [-0.2, 0) is 10.8 Å². The summed E-state index contributed by atoms with van der Waals surface area (Å²) in [5.41, 5.74) is 27.8. The second-order valence-electron chi connectivity index (χ2n) is 21.2. The summed E-state index contributed by atoms with van der Waals surface area (Å²) in [6.07, 6.45) is 2.10. The number of para-hydroxylation sites is 3. The molecule has 2 nitrogen and oxygen atoms in total. The smallest absolute Gasteiger partial charge is 0.0754 e. The van der Waals surface area contributed by atoms with Gasteiger partial charge in [0, 0.05) is 23.0 Å². The van der Waals surface area contributed by atoms with E-state index in [2.05, 4.69) is 284 Å². The van der Waals surface area contributed by atoms with Crippen molar-refractivity contribution in [3.63, 3.8) is 0 Å². The number of nitrogens with zero attached hydrogens (tertiary/aromatic N) is 2. The Morgan fingerprint density at radius 2 is 0.649 bits per heavy atom. The fourth-order valence-corrected chi connectivity index (χ4v) is 14.8. The molecule has 1 aromatic heterocycles. The molecule has 0 fully saturated rings. The SMILES string of the molecule is c1ccc(N2c3ccccc3C3(c4ccccc4-c4cc(-c5ccc(-c6c7ccccc7c(-c7ccc8c(c7)C7(c9ccccc9-c9ccccc97)c7ccccc7-8)c7ccccc67)cn5)ccc43)c3ccccc32)cc1. The second-order valence-corrected chi connectivity index (χ2v) is 21.2. The van der Waals surface area contributed by atoms with Gasteiger partial charge in [0.1, 0.15) is 0 Å². The zero-order valence-corrected chi connectivity index (χ0v) is 42.0. The molecule has 2 heterocycles. The summed E-state index contributed by atoms with van der Waals surface area (Å²) in [5, 5.41) is 4.88. The van der Waals surface area contributed by atoms with Crippen molar-refractivity contribution in [1.82, 2.24) is 4.98 Å². The van der Waals surface area contributed by atoms with Gasteiger partial charge in [-0.05, 0) is 159 Å². The van der Waals surface area contributed by atoms with Crippen LogP contribution in [0.2, 0.25) is 0 Å². The van der Waals surface area contributed by atoms with E-state index in [1.807, 2.05) is 0 Å². The van der Waals surface area contributed by atoms with E-state index in [1.165, 1.54) is 127 Å². The molecule has 0 atom stereocenters. The first-order valence-corrected chi connectivity index (χ1v) is 26.9. The number of aromatic nitrogens is 1. The van der Waals surface area contributed by atoms with Crippen molar-refractivity contribution in [1.29, 1.82) is 0 Å². The van der Waals surface area contributed by atoms with Gasteiger partial charge in [-0.1, -0.05) is 231 Å². The van der Waals surface area contributed by atoms with Crippen LogP contribution in [0.1, 0.15) is 44.5 Å². The van der Waals surface area contributed by atoms with E-state index in [0.717, 1.165) is 22.5 Å². The van der Waals surface area contributed by atoms with E-state index < -0.39 is 10.8 Å². The molecule has 17 rings (SSSR count). The Morgan fingerprint density at radius 3 is 1.17 bits per heavy atom. The van der Waals surface area contributed by atoms with E-state index in [4.69, 9.17) is 4.98 Å². The average molecular weight is 975 g/mol. The van der Waals surface area contributed by atoms with Crippen LogP contribution >= 0.6 is 0 Å². The lowest BCUT2D eigenvalue weighted by molar-refractivity contribution is 0.752. The quantitative estimate of drug-likeness (QED) is 0.163. The molecule has 4 aliphatic rings. The number of anilines is 3. The number of fused-ring (bicyclic) bond motifs is 21. The number of pyridine rings is 1. The number of rotatable bonds is 4. The Balaban J connectivity index is 0.804. The zero-order chi connectivity index (χ0) is 50.4. The van der Waals surface area contributed by atoms with Crippen LogP contribution in [0.4, 0.5) is 17.1 Å². The fourth-order valence-electron chi connectivity index (χ4n) is 14.8. The van der Waals surface area contributed by atoms with Gasteiger partial charge in [0.2, 0.25) is 0 Å². The van der Waals surface area contributed by atoms with E-state index in [-0.39, 0.29) is 0 Å². The monoisotopic (exact) mass is 974 g/mol. The number of hydrogen-bond donors (Lipinski definition) is 0. The average Bonchev–Trinajstić information content (AvgIpc) is 4.32. The Morgan fingerprint density at radius 1 is 0.260 bits per heavy atom. The number of benzene rings is 12. The summed E-state index contributed by atoms with van der Waals surface area (Å²) in [4.78, 5) is 7.79. The molecule has 0 saturated heterocycles. The predicted molar refractivity (Wildman–Crippen MR) is 317 cm³/mol. The normalized spacial score (nSPS) is 14.2. The fraction of sp³-hybridized carbons (Fsp3) is 0.0267. The van der Waals surface area contributed by atoms with Gasteiger partial charge in [0.05, 0.1) is 27.9 Å². The molecule has 0 amide bonds. The van der Waals surface area contributed by atoms with Gasteiger partial charge in [0.25, 0.3) is 0 Å². The maximum absolute atomic E-state index is 5.35. The summed E-state index contributed by atoms with van der Waals surface area (Å²) in [6.45, 7) is 0. The van der Waals surface area contributed by atoms with Gasteiger partial charge in [-0.25, -0.2) is 0 Å². The first kappa shape index (κ1) is 42.5. The second kappa shape index (κ2) is 15.8. The largest absolute Gasteiger partial charge is 0.310 e.